The van der Waals surface area contributed by atoms with E-state index in [0.717, 1.165) is 22.3 Å². The summed E-state index contributed by atoms with van der Waals surface area (Å²) in [6, 6.07) is 15.6. The van der Waals surface area contributed by atoms with Gasteiger partial charge in [-0.25, -0.2) is 9.59 Å². The molecule has 0 saturated carbocycles. The average Bonchev–Trinajstić information content (AvgIpc) is 3.09. The number of carbonyl (C=O) groups excluding carboxylic acids is 2. The molecule has 0 heterocycles. The average molecular weight is 483 g/mol. The molecule has 3 rings (SSSR count). The first kappa shape index (κ1) is 26.1. The molecule has 8 nitrogen and oxygen atoms in total. The van der Waals surface area contributed by atoms with E-state index >= 15 is 0 Å². The molecule has 1 aliphatic carbocycles. The summed E-state index contributed by atoms with van der Waals surface area (Å²) in [6.07, 6.45) is -0.890. The maximum Gasteiger partial charge on any atom is 0.410 e. The topological polar surface area (TPSA) is 105 Å². The minimum atomic E-state index is -0.999. The van der Waals surface area contributed by atoms with Crippen molar-refractivity contribution >= 4 is 18.2 Å². The molecule has 0 aromatic heterocycles. The van der Waals surface area contributed by atoms with E-state index in [4.69, 9.17) is 9.47 Å². The van der Waals surface area contributed by atoms with Gasteiger partial charge in [-0.15, -0.1) is 0 Å². The lowest BCUT2D eigenvalue weighted by Crippen LogP contribution is -2.42. The predicted octanol–water partition coefficient (Wildman–Crippen LogP) is 5.02. The Balaban J connectivity index is 1.63. The van der Waals surface area contributed by atoms with Gasteiger partial charge in [-0.3, -0.25) is 4.79 Å². The predicted molar refractivity (Wildman–Crippen MR) is 132 cm³/mol. The number of aliphatic carboxylic acids is 1. The van der Waals surface area contributed by atoms with Crippen LogP contribution in [0.2, 0.25) is 0 Å². The summed E-state index contributed by atoms with van der Waals surface area (Å²) >= 11 is 0. The van der Waals surface area contributed by atoms with E-state index in [1.165, 1.54) is 4.90 Å². The normalized spacial score (nSPS) is 13.4. The Morgan fingerprint density at radius 2 is 1.60 bits per heavy atom. The van der Waals surface area contributed by atoms with Crippen molar-refractivity contribution in [2.45, 2.75) is 58.1 Å². The van der Waals surface area contributed by atoms with E-state index in [0.29, 0.717) is 6.42 Å². The maximum absolute atomic E-state index is 13.1. The van der Waals surface area contributed by atoms with Crippen LogP contribution < -0.4 is 5.32 Å². The number of carbonyl (C=O) groups is 3. The highest BCUT2D eigenvalue weighted by atomic mass is 16.6. The Morgan fingerprint density at radius 1 is 1.03 bits per heavy atom. The zero-order valence-corrected chi connectivity index (χ0v) is 20.7. The molecule has 2 aromatic rings. The van der Waals surface area contributed by atoms with Gasteiger partial charge < -0.3 is 24.8 Å². The van der Waals surface area contributed by atoms with Crippen LogP contribution >= 0.6 is 0 Å². The molecule has 0 unspecified atom stereocenters. The number of hydrogen-bond donors (Lipinski definition) is 2. The smallest absolute Gasteiger partial charge is 0.410 e. The molecule has 1 aliphatic rings. The quantitative estimate of drug-likeness (QED) is 0.487. The standard InChI is InChI=1S/C27H34N2O6/c1-18(16-24(30)31)29(15-9-14-28-25(32)35-27(2,3)4)26(33)34-17-23-21-12-7-5-10-19(21)20-11-6-8-13-22(20)23/h5-8,10-13,18,23H,9,14-17H2,1-4H3,(H,28,32)(H,30,31)/t18-/m1/s1. The summed E-state index contributed by atoms with van der Waals surface area (Å²) in [5.74, 6) is -1.09. The van der Waals surface area contributed by atoms with Crippen molar-refractivity contribution in [3.05, 3.63) is 59.7 Å². The van der Waals surface area contributed by atoms with Gasteiger partial charge in [0.05, 0.1) is 6.42 Å². The fourth-order valence-corrected chi connectivity index (χ4v) is 4.29. The molecule has 0 radical (unpaired) electrons. The molecule has 0 fully saturated rings. The van der Waals surface area contributed by atoms with Crippen molar-refractivity contribution in [2.75, 3.05) is 19.7 Å². The van der Waals surface area contributed by atoms with Crippen molar-refractivity contribution in [1.29, 1.82) is 0 Å². The third kappa shape index (κ3) is 6.97. The molecule has 8 heteroatoms. The molecule has 2 aromatic carbocycles. The summed E-state index contributed by atoms with van der Waals surface area (Å²) in [7, 11) is 0. The first-order valence-electron chi connectivity index (χ1n) is 11.9. The lowest BCUT2D eigenvalue weighted by atomic mass is 9.98. The van der Waals surface area contributed by atoms with Crippen molar-refractivity contribution in [3.63, 3.8) is 0 Å². The summed E-state index contributed by atoms with van der Waals surface area (Å²) < 4.78 is 10.9. The van der Waals surface area contributed by atoms with E-state index in [1.807, 2.05) is 36.4 Å². The molecule has 2 N–H and O–H groups in total. The highest BCUT2D eigenvalue weighted by Crippen LogP contribution is 2.44. The number of nitrogens with one attached hydrogen (secondary N) is 1. The molecule has 0 spiro atoms. The lowest BCUT2D eigenvalue weighted by Gasteiger charge is -2.28. The van der Waals surface area contributed by atoms with Crippen LogP contribution in [0.4, 0.5) is 9.59 Å². The lowest BCUT2D eigenvalue weighted by molar-refractivity contribution is -0.138. The second-order valence-electron chi connectivity index (χ2n) is 9.73. The van der Waals surface area contributed by atoms with Gasteiger partial charge >= 0.3 is 18.2 Å². The molecule has 0 bridgehead atoms. The molecular weight excluding hydrogens is 448 g/mol. The third-order valence-corrected chi connectivity index (χ3v) is 5.82. The van der Waals surface area contributed by atoms with Crippen LogP contribution in [-0.4, -0.2) is 59.5 Å². The Morgan fingerprint density at radius 3 is 2.14 bits per heavy atom. The second kappa shape index (κ2) is 11.3. The second-order valence-corrected chi connectivity index (χ2v) is 9.73. The van der Waals surface area contributed by atoms with Gasteiger partial charge in [-0.05, 0) is 56.4 Å². The Bertz CT molecular complexity index is 1020. The number of amides is 2. The fourth-order valence-electron chi connectivity index (χ4n) is 4.29. The Hall–Kier alpha value is -3.55. The molecule has 1 atom stereocenters. The van der Waals surface area contributed by atoms with Crippen molar-refractivity contribution in [1.82, 2.24) is 10.2 Å². The van der Waals surface area contributed by atoms with E-state index in [-0.39, 0.29) is 32.0 Å². The van der Waals surface area contributed by atoms with Gasteiger partial charge in [0.1, 0.15) is 12.2 Å². The van der Waals surface area contributed by atoms with Gasteiger partial charge in [0.15, 0.2) is 0 Å². The fraction of sp³-hybridized carbons (Fsp3) is 0.444. The highest BCUT2D eigenvalue weighted by Gasteiger charge is 2.30. The monoisotopic (exact) mass is 482 g/mol. The molecular formula is C27H34N2O6. The molecule has 0 saturated heterocycles. The molecule has 35 heavy (non-hydrogen) atoms. The maximum atomic E-state index is 13.1. The summed E-state index contributed by atoms with van der Waals surface area (Å²) in [5, 5.41) is 11.9. The number of carboxylic acid groups (broad SMARTS) is 1. The van der Waals surface area contributed by atoms with Crippen LogP contribution in [0.3, 0.4) is 0 Å². The van der Waals surface area contributed by atoms with Crippen LogP contribution in [0.1, 0.15) is 57.6 Å². The van der Waals surface area contributed by atoms with Crippen LogP contribution in [0, 0.1) is 0 Å². The van der Waals surface area contributed by atoms with Crippen LogP contribution in [-0.2, 0) is 14.3 Å². The third-order valence-electron chi connectivity index (χ3n) is 5.82. The van der Waals surface area contributed by atoms with Gasteiger partial charge in [0, 0.05) is 25.0 Å². The number of rotatable bonds is 9. The van der Waals surface area contributed by atoms with Crippen molar-refractivity contribution in [2.24, 2.45) is 0 Å². The number of hydrogen-bond acceptors (Lipinski definition) is 5. The van der Waals surface area contributed by atoms with Crippen LogP contribution in [0.25, 0.3) is 11.1 Å². The molecule has 188 valence electrons. The summed E-state index contributed by atoms with van der Waals surface area (Å²) in [6.45, 7) is 7.68. The Kier molecular flexibility index (Phi) is 8.38. The number of ether oxygens (including phenoxy) is 2. The largest absolute Gasteiger partial charge is 0.481 e. The van der Waals surface area contributed by atoms with Gasteiger partial charge in [0.25, 0.3) is 0 Å². The van der Waals surface area contributed by atoms with Gasteiger partial charge in [-0.2, -0.15) is 0 Å². The van der Waals surface area contributed by atoms with Crippen LogP contribution in [0.5, 0.6) is 0 Å². The van der Waals surface area contributed by atoms with Crippen molar-refractivity contribution < 1.29 is 29.0 Å². The number of benzene rings is 2. The van der Waals surface area contributed by atoms with E-state index in [2.05, 4.69) is 17.4 Å². The minimum Gasteiger partial charge on any atom is -0.481 e. The molecule has 0 aliphatic heterocycles. The summed E-state index contributed by atoms with van der Waals surface area (Å²) in [4.78, 5) is 37.6. The SMILES string of the molecule is C[C@H](CC(=O)O)N(CCCNC(=O)OC(C)(C)C)C(=O)OCC1c2ccccc2-c2ccccc21. The minimum absolute atomic E-state index is 0.0863. The van der Waals surface area contributed by atoms with Crippen molar-refractivity contribution in [3.8, 4) is 11.1 Å². The van der Waals surface area contributed by atoms with Gasteiger partial charge in [0.2, 0.25) is 0 Å². The van der Waals surface area contributed by atoms with E-state index < -0.39 is 29.8 Å². The molecule has 2 amide bonds. The van der Waals surface area contributed by atoms with E-state index in [9.17, 15) is 19.5 Å². The zero-order chi connectivity index (χ0) is 25.6. The van der Waals surface area contributed by atoms with Gasteiger partial charge in [-0.1, -0.05) is 48.5 Å². The van der Waals surface area contributed by atoms with Crippen LogP contribution in [0.15, 0.2) is 48.5 Å². The first-order chi connectivity index (χ1) is 16.6. The number of alkyl carbamates (subject to hydrolysis) is 1. The Labute approximate surface area is 206 Å². The number of nitrogens with zero attached hydrogens (tertiary/aromatic N) is 1. The zero-order valence-electron chi connectivity index (χ0n) is 20.7. The number of carboxylic acids is 1. The highest BCUT2D eigenvalue weighted by molar-refractivity contribution is 5.79. The van der Waals surface area contributed by atoms with E-state index in [1.54, 1.807) is 27.7 Å². The first-order valence-corrected chi connectivity index (χ1v) is 11.9. The summed E-state index contributed by atoms with van der Waals surface area (Å²) in [5.41, 5.74) is 3.87. The number of fused-ring (bicyclic) bond motifs is 3.